The van der Waals surface area contributed by atoms with Gasteiger partial charge in [-0.3, -0.25) is 4.68 Å². The molecule has 1 fully saturated rings. The van der Waals surface area contributed by atoms with Crippen LogP contribution in [0.2, 0.25) is 0 Å². The van der Waals surface area contributed by atoms with Crippen LogP contribution in [0, 0.1) is 5.92 Å². The normalized spacial score (nSPS) is 23.5. The topological polar surface area (TPSA) is 86.8 Å². The highest BCUT2D eigenvalue weighted by molar-refractivity contribution is 5.68. The third-order valence-corrected chi connectivity index (χ3v) is 6.02. The van der Waals surface area contributed by atoms with Gasteiger partial charge in [0.2, 0.25) is 5.88 Å². The van der Waals surface area contributed by atoms with Gasteiger partial charge in [0.15, 0.2) is 0 Å². The lowest BCUT2D eigenvalue weighted by atomic mass is 9.66. The van der Waals surface area contributed by atoms with E-state index in [0.717, 1.165) is 16.8 Å². The van der Waals surface area contributed by atoms with Gasteiger partial charge in [-0.25, -0.2) is 14.3 Å². The molecule has 3 atom stereocenters. The molecule has 3 aromatic rings. The van der Waals surface area contributed by atoms with Gasteiger partial charge >= 0.3 is 6.09 Å². The number of fused-ring (bicyclic) bond motifs is 1. The van der Waals surface area contributed by atoms with E-state index in [-0.39, 0.29) is 18.1 Å². The summed E-state index contributed by atoms with van der Waals surface area (Å²) in [6, 6.07) is 1.91. The Morgan fingerprint density at radius 3 is 2.65 bits per heavy atom. The molecule has 0 unspecified atom stereocenters. The van der Waals surface area contributed by atoms with Gasteiger partial charge in [0.1, 0.15) is 16.7 Å². The molecule has 9 heteroatoms. The summed E-state index contributed by atoms with van der Waals surface area (Å²) in [5.74, 6) is 0.614. The van der Waals surface area contributed by atoms with E-state index < -0.39 is 11.2 Å². The number of rotatable bonds is 4. The molecule has 9 nitrogen and oxygen atoms in total. The summed E-state index contributed by atoms with van der Waals surface area (Å²) in [6.07, 6.45) is 7.62. The summed E-state index contributed by atoms with van der Waals surface area (Å²) in [7, 11) is 3.65. The van der Waals surface area contributed by atoms with E-state index in [0.29, 0.717) is 12.3 Å². The van der Waals surface area contributed by atoms with Gasteiger partial charge in [-0.15, -0.1) is 0 Å². The van der Waals surface area contributed by atoms with E-state index in [2.05, 4.69) is 24.0 Å². The van der Waals surface area contributed by atoms with Crippen LogP contribution in [0.4, 0.5) is 4.79 Å². The standard InChI is InChI=1S/C22H30N6O3/c1-14-18(27(7)20(29)31-21(2,3)4)10-22(14,5)30-19-17-8-9-23-28(17)13-16(25-19)15-11-24-26(6)12-15/h8-9,11-14,18H,10H2,1-7H3/t14-,18-,22-/m1/s1. The summed E-state index contributed by atoms with van der Waals surface area (Å²) in [5.41, 5.74) is 1.43. The number of amides is 1. The highest BCUT2D eigenvalue weighted by atomic mass is 16.6. The summed E-state index contributed by atoms with van der Waals surface area (Å²) in [5, 5.41) is 8.60. The molecule has 31 heavy (non-hydrogen) atoms. The van der Waals surface area contributed by atoms with Crippen LogP contribution in [0.3, 0.4) is 0 Å². The van der Waals surface area contributed by atoms with Crippen molar-refractivity contribution < 1.29 is 14.3 Å². The second-order valence-electron chi connectivity index (χ2n) is 9.56. The molecule has 1 amide bonds. The molecule has 0 aliphatic heterocycles. The number of hydrogen-bond acceptors (Lipinski definition) is 6. The van der Waals surface area contributed by atoms with Crippen LogP contribution in [0.25, 0.3) is 16.8 Å². The second-order valence-corrected chi connectivity index (χ2v) is 9.56. The molecule has 3 aromatic heterocycles. The maximum Gasteiger partial charge on any atom is 0.410 e. The summed E-state index contributed by atoms with van der Waals surface area (Å²) in [4.78, 5) is 18.9. The maximum atomic E-state index is 12.5. The molecule has 3 heterocycles. The van der Waals surface area contributed by atoms with Crippen LogP contribution in [0.1, 0.15) is 41.0 Å². The lowest BCUT2D eigenvalue weighted by Gasteiger charge is -2.53. The minimum absolute atomic E-state index is 0.0299. The average Bonchev–Trinajstić information content (AvgIpc) is 3.32. The molecule has 0 N–H and O–H groups in total. The van der Waals surface area contributed by atoms with Gasteiger partial charge < -0.3 is 14.4 Å². The van der Waals surface area contributed by atoms with Crippen molar-refractivity contribution >= 4 is 11.6 Å². The molecule has 1 saturated carbocycles. The van der Waals surface area contributed by atoms with Crippen LogP contribution in [-0.2, 0) is 11.8 Å². The van der Waals surface area contributed by atoms with Crippen molar-refractivity contribution in [3.05, 3.63) is 30.9 Å². The molecule has 1 aliphatic rings. The molecule has 1 aliphatic carbocycles. The van der Waals surface area contributed by atoms with Crippen LogP contribution >= 0.6 is 0 Å². The number of hydrogen-bond donors (Lipinski definition) is 0. The number of aryl methyl sites for hydroxylation is 1. The molecule has 0 bridgehead atoms. The minimum atomic E-state index is -0.525. The molecule has 0 aromatic carbocycles. The third-order valence-electron chi connectivity index (χ3n) is 6.02. The van der Waals surface area contributed by atoms with Crippen LogP contribution in [-0.4, -0.2) is 59.7 Å². The Hall–Kier alpha value is -3.10. The number of ether oxygens (including phenoxy) is 2. The first-order valence-corrected chi connectivity index (χ1v) is 10.4. The van der Waals surface area contributed by atoms with Crippen LogP contribution < -0.4 is 4.74 Å². The monoisotopic (exact) mass is 426 g/mol. The zero-order valence-electron chi connectivity index (χ0n) is 19.2. The first-order chi connectivity index (χ1) is 14.5. The van der Waals surface area contributed by atoms with Crippen molar-refractivity contribution in [3.63, 3.8) is 0 Å². The van der Waals surface area contributed by atoms with Crippen molar-refractivity contribution in [2.45, 2.75) is 58.3 Å². The van der Waals surface area contributed by atoms with Gasteiger partial charge in [-0.1, -0.05) is 6.92 Å². The van der Waals surface area contributed by atoms with E-state index in [1.54, 1.807) is 33.5 Å². The molecule has 166 valence electrons. The molecule has 0 saturated heterocycles. The number of nitrogens with zero attached hydrogens (tertiary/aromatic N) is 6. The van der Waals surface area contributed by atoms with Crippen LogP contribution in [0.15, 0.2) is 30.9 Å². The Labute approximate surface area is 182 Å². The Kier molecular flexibility index (Phi) is 4.94. The second kappa shape index (κ2) is 7.25. The first kappa shape index (κ1) is 21.1. The fourth-order valence-corrected chi connectivity index (χ4v) is 3.99. The zero-order valence-corrected chi connectivity index (χ0v) is 19.2. The Morgan fingerprint density at radius 2 is 2.03 bits per heavy atom. The first-order valence-electron chi connectivity index (χ1n) is 10.4. The van der Waals surface area contributed by atoms with Crippen LogP contribution in [0.5, 0.6) is 5.88 Å². The highest BCUT2D eigenvalue weighted by Crippen LogP contribution is 2.45. The van der Waals surface area contributed by atoms with Crippen molar-refractivity contribution in [3.8, 4) is 17.1 Å². The fourth-order valence-electron chi connectivity index (χ4n) is 3.99. The predicted octanol–water partition coefficient (Wildman–Crippen LogP) is 3.54. The van der Waals surface area contributed by atoms with Gasteiger partial charge in [0.25, 0.3) is 0 Å². The zero-order chi connectivity index (χ0) is 22.6. The Balaban J connectivity index is 1.56. The largest absolute Gasteiger partial charge is 0.469 e. The third kappa shape index (κ3) is 3.96. The number of aromatic nitrogens is 5. The number of carbonyl (C=O) groups excluding carboxylic acids is 1. The van der Waals surface area contributed by atoms with Gasteiger partial charge in [0, 0.05) is 44.2 Å². The Morgan fingerprint density at radius 1 is 1.29 bits per heavy atom. The molecular weight excluding hydrogens is 396 g/mol. The number of carbonyl (C=O) groups is 1. The van der Waals surface area contributed by atoms with Gasteiger partial charge in [-0.05, 0) is 33.8 Å². The van der Waals surface area contributed by atoms with E-state index in [1.807, 2.05) is 46.3 Å². The van der Waals surface area contributed by atoms with E-state index in [1.165, 1.54) is 0 Å². The Bertz CT molecular complexity index is 1110. The molecule has 0 radical (unpaired) electrons. The predicted molar refractivity (Wildman–Crippen MR) is 116 cm³/mol. The van der Waals surface area contributed by atoms with Gasteiger partial charge in [0.05, 0.1) is 24.3 Å². The SMILES string of the molecule is C[C@@H]1[C@H](N(C)C(=O)OC(C)(C)C)C[C@@]1(C)Oc1nc(-c2cnn(C)c2)cn2nccc12. The summed E-state index contributed by atoms with van der Waals surface area (Å²) >= 11 is 0. The highest BCUT2D eigenvalue weighted by Gasteiger charge is 2.53. The fraction of sp³-hybridized carbons (Fsp3) is 0.545. The maximum absolute atomic E-state index is 12.5. The quantitative estimate of drug-likeness (QED) is 0.634. The van der Waals surface area contributed by atoms with Crippen molar-refractivity contribution in [2.75, 3.05) is 7.05 Å². The van der Waals surface area contributed by atoms with E-state index in [9.17, 15) is 4.79 Å². The van der Waals surface area contributed by atoms with E-state index >= 15 is 0 Å². The minimum Gasteiger partial charge on any atom is -0.469 e. The van der Waals surface area contributed by atoms with Crippen molar-refractivity contribution in [1.82, 2.24) is 29.3 Å². The summed E-state index contributed by atoms with van der Waals surface area (Å²) < 4.78 is 15.5. The average molecular weight is 427 g/mol. The molecule has 0 spiro atoms. The molecule has 4 rings (SSSR count). The smallest absolute Gasteiger partial charge is 0.410 e. The van der Waals surface area contributed by atoms with Crippen molar-refractivity contribution in [1.29, 1.82) is 0 Å². The lowest BCUT2D eigenvalue weighted by molar-refractivity contribution is -0.108. The molecular formula is C22H30N6O3. The van der Waals surface area contributed by atoms with Crippen molar-refractivity contribution in [2.24, 2.45) is 13.0 Å². The van der Waals surface area contributed by atoms with E-state index in [4.69, 9.17) is 14.5 Å². The van der Waals surface area contributed by atoms with Gasteiger partial charge in [-0.2, -0.15) is 10.2 Å². The summed E-state index contributed by atoms with van der Waals surface area (Å²) in [6.45, 7) is 9.76. The lowest BCUT2D eigenvalue weighted by Crippen LogP contribution is -2.64.